The van der Waals surface area contributed by atoms with Gasteiger partial charge < -0.3 is 16.0 Å². The van der Waals surface area contributed by atoms with Crippen LogP contribution in [0.25, 0.3) is 16.9 Å². The average molecular weight is 362 g/mol. The Morgan fingerprint density at radius 2 is 2.15 bits per heavy atom. The molecule has 2 aromatic heterocycles. The van der Waals surface area contributed by atoms with Crippen molar-refractivity contribution in [2.75, 3.05) is 5.32 Å². The molecule has 0 amide bonds. The van der Waals surface area contributed by atoms with Crippen molar-refractivity contribution in [2.45, 2.75) is 44.7 Å². The lowest BCUT2D eigenvalue weighted by Crippen LogP contribution is -2.42. The first-order chi connectivity index (χ1) is 13.1. The van der Waals surface area contributed by atoms with E-state index in [9.17, 15) is 10.1 Å². The van der Waals surface area contributed by atoms with E-state index in [0.29, 0.717) is 22.5 Å². The molecule has 1 aromatic carbocycles. The second kappa shape index (κ2) is 6.89. The van der Waals surface area contributed by atoms with Crippen molar-refractivity contribution in [1.29, 1.82) is 5.26 Å². The quantitative estimate of drug-likeness (QED) is 0.663. The first kappa shape index (κ1) is 17.3. The number of anilines is 1. The summed E-state index contributed by atoms with van der Waals surface area (Å²) in [5, 5.41) is 12.9. The standard InChI is InChI=1S/C20H22N6O/c1-12-5-4-6-14(9-12)26-19-17(24-20(26)27)10-13(11-21)18(25-19)23-16-8-3-2-7-15(16)22/h4-6,9-10,15-16H,2-3,7-8,22H2,1H3,(H,23,25)(H,24,27)/t15-,16+/m0/s1. The van der Waals surface area contributed by atoms with Crippen LogP contribution in [-0.2, 0) is 0 Å². The Morgan fingerprint density at radius 1 is 1.33 bits per heavy atom. The number of nitrogens with zero attached hydrogens (tertiary/aromatic N) is 3. The van der Waals surface area contributed by atoms with Crippen LogP contribution in [-0.4, -0.2) is 26.6 Å². The molecule has 4 rings (SSSR count). The molecule has 3 aromatic rings. The van der Waals surface area contributed by atoms with Gasteiger partial charge in [-0.15, -0.1) is 0 Å². The maximum atomic E-state index is 12.5. The molecule has 7 nitrogen and oxygen atoms in total. The van der Waals surface area contributed by atoms with Gasteiger partial charge in [0.05, 0.1) is 16.8 Å². The Hall–Kier alpha value is -3.11. The van der Waals surface area contributed by atoms with E-state index in [-0.39, 0.29) is 17.8 Å². The van der Waals surface area contributed by atoms with Crippen molar-refractivity contribution >= 4 is 17.0 Å². The Balaban J connectivity index is 1.84. The number of nitrogens with one attached hydrogen (secondary N) is 2. The number of hydrogen-bond acceptors (Lipinski definition) is 5. The molecule has 138 valence electrons. The number of aryl methyl sites for hydroxylation is 1. The number of H-pyrrole nitrogens is 1. The summed E-state index contributed by atoms with van der Waals surface area (Å²) in [6.07, 6.45) is 4.14. The van der Waals surface area contributed by atoms with Crippen molar-refractivity contribution in [3.8, 4) is 11.8 Å². The smallest absolute Gasteiger partial charge is 0.332 e. The summed E-state index contributed by atoms with van der Waals surface area (Å²) in [5.41, 5.74) is 9.18. The van der Waals surface area contributed by atoms with Gasteiger partial charge in [-0.1, -0.05) is 25.0 Å². The Morgan fingerprint density at radius 3 is 2.89 bits per heavy atom. The molecular formula is C20H22N6O. The summed E-state index contributed by atoms with van der Waals surface area (Å²) in [6, 6.07) is 11.6. The van der Waals surface area contributed by atoms with Gasteiger partial charge in [-0.3, -0.25) is 0 Å². The number of benzene rings is 1. The van der Waals surface area contributed by atoms with Crippen LogP contribution in [0.4, 0.5) is 5.82 Å². The monoisotopic (exact) mass is 362 g/mol. The molecule has 0 saturated heterocycles. The van der Waals surface area contributed by atoms with Gasteiger partial charge in [0.25, 0.3) is 0 Å². The number of imidazole rings is 1. The van der Waals surface area contributed by atoms with E-state index in [1.54, 1.807) is 6.07 Å². The summed E-state index contributed by atoms with van der Waals surface area (Å²) in [5.74, 6) is 0.479. The number of aromatic nitrogens is 3. The SMILES string of the molecule is Cc1cccc(-n2c(=O)[nH]c3cc(C#N)c(N[C@@H]4CCCC[C@@H]4N)nc32)c1. The van der Waals surface area contributed by atoms with Crippen LogP contribution < -0.4 is 16.7 Å². The number of nitriles is 1. The lowest BCUT2D eigenvalue weighted by Gasteiger charge is -2.29. The van der Waals surface area contributed by atoms with Crippen molar-refractivity contribution in [3.05, 3.63) is 51.9 Å². The summed E-state index contributed by atoms with van der Waals surface area (Å²) in [4.78, 5) is 20.0. The van der Waals surface area contributed by atoms with Crippen molar-refractivity contribution in [1.82, 2.24) is 14.5 Å². The summed E-state index contributed by atoms with van der Waals surface area (Å²) >= 11 is 0. The fraction of sp³-hybridized carbons (Fsp3) is 0.350. The molecule has 1 saturated carbocycles. The van der Waals surface area contributed by atoms with E-state index in [1.807, 2.05) is 31.2 Å². The lowest BCUT2D eigenvalue weighted by atomic mass is 9.91. The van der Waals surface area contributed by atoms with Gasteiger partial charge in [-0.05, 0) is 43.5 Å². The highest BCUT2D eigenvalue weighted by molar-refractivity contribution is 5.78. The Bertz CT molecular complexity index is 1090. The molecule has 4 N–H and O–H groups in total. The van der Waals surface area contributed by atoms with Crippen LogP contribution in [0.2, 0.25) is 0 Å². The Kier molecular flexibility index (Phi) is 4.42. The molecule has 0 aliphatic heterocycles. The molecule has 2 atom stereocenters. The van der Waals surface area contributed by atoms with Gasteiger partial charge in [0, 0.05) is 12.1 Å². The highest BCUT2D eigenvalue weighted by atomic mass is 16.1. The minimum absolute atomic E-state index is 0.0352. The van der Waals surface area contributed by atoms with Gasteiger partial charge >= 0.3 is 5.69 Å². The number of nitrogens with two attached hydrogens (primary N) is 1. The zero-order valence-corrected chi connectivity index (χ0v) is 15.2. The van der Waals surface area contributed by atoms with Crippen LogP contribution in [0.1, 0.15) is 36.8 Å². The van der Waals surface area contributed by atoms with Crippen molar-refractivity contribution < 1.29 is 0 Å². The predicted molar refractivity (Wildman–Crippen MR) is 105 cm³/mol. The molecule has 1 fully saturated rings. The molecule has 27 heavy (non-hydrogen) atoms. The largest absolute Gasteiger partial charge is 0.365 e. The number of pyridine rings is 1. The van der Waals surface area contributed by atoms with Crippen molar-refractivity contribution in [2.24, 2.45) is 5.73 Å². The number of fused-ring (bicyclic) bond motifs is 1. The highest BCUT2D eigenvalue weighted by Crippen LogP contribution is 2.25. The average Bonchev–Trinajstić information content (AvgIpc) is 2.97. The number of hydrogen-bond donors (Lipinski definition) is 3. The lowest BCUT2D eigenvalue weighted by molar-refractivity contribution is 0.403. The van der Waals surface area contributed by atoms with Gasteiger partial charge in [0.2, 0.25) is 0 Å². The van der Waals surface area contributed by atoms with Crippen LogP contribution in [0.3, 0.4) is 0 Å². The maximum Gasteiger partial charge on any atom is 0.332 e. The minimum atomic E-state index is -0.279. The summed E-state index contributed by atoms with van der Waals surface area (Å²) < 4.78 is 1.54. The van der Waals surface area contributed by atoms with Crippen LogP contribution in [0, 0.1) is 18.3 Å². The topological polar surface area (TPSA) is 113 Å². The van der Waals surface area contributed by atoms with E-state index < -0.39 is 0 Å². The van der Waals surface area contributed by atoms with E-state index in [1.165, 1.54) is 4.57 Å². The first-order valence-corrected chi connectivity index (χ1v) is 9.22. The molecule has 0 radical (unpaired) electrons. The number of rotatable bonds is 3. The van der Waals surface area contributed by atoms with Gasteiger partial charge in [0.1, 0.15) is 11.9 Å². The maximum absolute atomic E-state index is 12.5. The molecule has 1 aliphatic rings. The van der Waals surface area contributed by atoms with E-state index in [0.717, 1.165) is 36.9 Å². The Labute approximate surface area is 156 Å². The third-order valence-corrected chi connectivity index (χ3v) is 5.18. The predicted octanol–water partition coefficient (Wildman–Crippen LogP) is 2.58. The fourth-order valence-electron chi connectivity index (χ4n) is 3.75. The van der Waals surface area contributed by atoms with Gasteiger partial charge in [-0.25, -0.2) is 14.3 Å². The second-order valence-corrected chi connectivity index (χ2v) is 7.17. The number of aromatic amines is 1. The van der Waals surface area contributed by atoms with Crippen LogP contribution in [0.15, 0.2) is 35.1 Å². The third kappa shape index (κ3) is 3.20. The molecule has 0 bridgehead atoms. The zero-order chi connectivity index (χ0) is 19.0. The highest BCUT2D eigenvalue weighted by Gasteiger charge is 2.24. The van der Waals surface area contributed by atoms with E-state index >= 15 is 0 Å². The van der Waals surface area contributed by atoms with Crippen LogP contribution >= 0.6 is 0 Å². The van der Waals surface area contributed by atoms with E-state index in [4.69, 9.17) is 5.73 Å². The summed E-state index contributed by atoms with van der Waals surface area (Å²) in [7, 11) is 0. The van der Waals surface area contributed by atoms with Gasteiger partial charge in [0.15, 0.2) is 5.65 Å². The molecular weight excluding hydrogens is 340 g/mol. The fourth-order valence-corrected chi connectivity index (χ4v) is 3.75. The zero-order valence-electron chi connectivity index (χ0n) is 15.2. The molecule has 2 heterocycles. The second-order valence-electron chi connectivity index (χ2n) is 7.17. The third-order valence-electron chi connectivity index (χ3n) is 5.18. The molecule has 1 aliphatic carbocycles. The molecule has 0 unspecified atom stereocenters. The molecule has 7 heteroatoms. The first-order valence-electron chi connectivity index (χ1n) is 9.22. The summed E-state index contributed by atoms with van der Waals surface area (Å²) in [6.45, 7) is 1.97. The van der Waals surface area contributed by atoms with Gasteiger partial charge in [-0.2, -0.15) is 5.26 Å². The van der Waals surface area contributed by atoms with E-state index in [2.05, 4.69) is 21.4 Å². The van der Waals surface area contributed by atoms with Crippen molar-refractivity contribution in [3.63, 3.8) is 0 Å². The van der Waals surface area contributed by atoms with Crippen LogP contribution in [0.5, 0.6) is 0 Å². The molecule has 0 spiro atoms. The normalized spacial score (nSPS) is 19.7. The minimum Gasteiger partial charge on any atom is -0.365 e.